The fourth-order valence-electron chi connectivity index (χ4n) is 14.7. The van der Waals surface area contributed by atoms with E-state index >= 15 is 0 Å². The molecular weight excluding hydrogens is 1480 g/mol. The van der Waals surface area contributed by atoms with E-state index in [0.717, 1.165) is 141 Å². The third-order valence-electron chi connectivity index (χ3n) is 21.9. The van der Waals surface area contributed by atoms with Crippen LogP contribution in [0.5, 0.6) is 0 Å². The molecule has 10 N–H and O–H groups in total. The second kappa shape index (κ2) is 66.7. The first-order valence-electron chi connectivity index (χ1n) is 45.1. The van der Waals surface area contributed by atoms with E-state index < -0.39 is 162 Å². The zero-order valence-electron chi connectivity index (χ0n) is 70.2. The van der Waals surface area contributed by atoms with Crippen LogP contribution in [0, 0.1) is 0 Å². The van der Waals surface area contributed by atoms with Gasteiger partial charge in [0.15, 0.2) is 24.8 Å². The number of rotatable bonds is 72. The highest BCUT2D eigenvalue weighted by molar-refractivity contribution is 7.47. The molecule has 2 aliphatic heterocycles. The third-order valence-corrected chi connectivity index (χ3v) is 22.9. The molecule has 1 saturated carbocycles. The van der Waals surface area contributed by atoms with Crippen molar-refractivity contribution in [2.24, 2.45) is 0 Å². The second-order valence-corrected chi connectivity index (χ2v) is 33.5. The highest BCUT2D eigenvalue weighted by atomic mass is 31.2. The van der Waals surface area contributed by atoms with Crippen LogP contribution in [0.15, 0.2) is 24.3 Å². The van der Waals surface area contributed by atoms with Gasteiger partial charge in [-0.15, -0.1) is 0 Å². The molecular formula is C87H159O25P. The average molecular weight is 1640 g/mol. The molecule has 0 aromatic rings. The minimum atomic E-state index is -5.81. The molecule has 0 radical (unpaired) electrons. The third kappa shape index (κ3) is 47.5. The van der Waals surface area contributed by atoms with Crippen LogP contribution >= 0.6 is 7.82 Å². The summed E-state index contributed by atoms with van der Waals surface area (Å²) in [5.41, 5.74) is 0. The van der Waals surface area contributed by atoms with Crippen molar-refractivity contribution in [3.8, 4) is 0 Å². The molecule has 0 spiro atoms. The summed E-state index contributed by atoms with van der Waals surface area (Å²) in [6.45, 7) is 5.53. The minimum Gasteiger partial charge on any atom is -0.463 e. The van der Waals surface area contributed by atoms with Crippen LogP contribution in [0.2, 0.25) is 0 Å². The summed E-state index contributed by atoms with van der Waals surface area (Å²) in [5.74, 6) is -2.99. The lowest BCUT2D eigenvalue weighted by atomic mass is 9.84. The summed E-state index contributed by atoms with van der Waals surface area (Å²) in [4.78, 5) is 66.3. The fourth-order valence-corrected chi connectivity index (χ4v) is 15.7. The van der Waals surface area contributed by atoms with E-state index in [9.17, 15) is 74.6 Å². The van der Waals surface area contributed by atoms with Crippen LogP contribution in [-0.2, 0) is 70.7 Å². The van der Waals surface area contributed by atoms with E-state index in [0.29, 0.717) is 38.5 Å². The molecule has 0 amide bonds. The Bertz CT molecular complexity index is 2460. The summed E-state index contributed by atoms with van der Waals surface area (Å²) in [6, 6.07) is 0. The number of hydrogen-bond donors (Lipinski definition) is 10. The number of hydrogen-bond acceptors (Lipinski definition) is 24. The highest BCUT2D eigenvalue weighted by Crippen LogP contribution is 2.49. The maximum atomic E-state index is 14.9. The Morgan fingerprint density at radius 2 is 0.664 bits per heavy atom. The lowest BCUT2D eigenvalue weighted by Crippen LogP contribution is -2.70. The minimum absolute atomic E-state index is 0.0167. The number of carbonyl (C=O) groups excluding carboxylic acids is 4. The van der Waals surface area contributed by atoms with Gasteiger partial charge in [-0.3, -0.25) is 28.2 Å². The number of unbranched alkanes of at least 4 members (excludes halogenated alkanes) is 44. The van der Waals surface area contributed by atoms with Gasteiger partial charge in [-0.1, -0.05) is 296 Å². The van der Waals surface area contributed by atoms with Crippen molar-refractivity contribution in [3.05, 3.63) is 24.3 Å². The van der Waals surface area contributed by atoms with Crippen molar-refractivity contribution in [2.75, 3.05) is 26.4 Å². The van der Waals surface area contributed by atoms with E-state index in [1.807, 2.05) is 0 Å². The average Bonchev–Trinajstić information content (AvgIpc) is 0.754. The summed E-state index contributed by atoms with van der Waals surface area (Å²) < 4.78 is 73.2. The molecule has 25 nitrogen and oxygen atoms in total. The van der Waals surface area contributed by atoms with E-state index in [4.69, 9.17) is 46.9 Å². The smallest absolute Gasteiger partial charge is 0.463 e. The van der Waals surface area contributed by atoms with E-state index in [2.05, 4.69) is 52.0 Å². The first-order chi connectivity index (χ1) is 54.7. The van der Waals surface area contributed by atoms with Crippen LogP contribution in [-0.4, -0.2) is 205 Å². The Morgan fingerprint density at radius 3 is 1.07 bits per heavy atom. The Kier molecular flexibility index (Phi) is 61.5. The number of phosphoric acid groups is 1. The van der Waals surface area contributed by atoms with Crippen LogP contribution in [0.1, 0.15) is 374 Å². The van der Waals surface area contributed by atoms with Gasteiger partial charge in [-0.05, 0) is 77.0 Å². The monoisotopic (exact) mass is 1640 g/mol. The van der Waals surface area contributed by atoms with Crippen LogP contribution in [0.25, 0.3) is 0 Å². The Morgan fingerprint density at radius 1 is 0.345 bits per heavy atom. The molecule has 3 fully saturated rings. The molecule has 3 aliphatic rings. The molecule has 0 aromatic heterocycles. The van der Waals surface area contributed by atoms with Gasteiger partial charge in [-0.2, -0.15) is 0 Å². The van der Waals surface area contributed by atoms with Crippen molar-refractivity contribution in [3.63, 3.8) is 0 Å². The van der Waals surface area contributed by atoms with Crippen LogP contribution in [0.4, 0.5) is 0 Å². The largest absolute Gasteiger partial charge is 0.472 e. The Balaban J connectivity index is 1.93. The van der Waals surface area contributed by atoms with Crippen molar-refractivity contribution in [1.29, 1.82) is 0 Å². The Hall–Kier alpha value is -3.05. The maximum Gasteiger partial charge on any atom is 0.472 e. The number of carbonyl (C=O) groups is 4. The molecule has 1 aliphatic carbocycles. The number of phosphoric ester groups is 1. The van der Waals surface area contributed by atoms with Crippen molar-refractivity contribution in [1.82, 2.24) is 0 Å². The SMILES string of the molecule is CCCCCC/C=C\CCCCCCCCCC(=O)OCC(COP(=O)(O)OC1C(OC2OC(CO)C(O)C(O)C2O)C(O)C(O)C(OC(=O)CCCCCCCCCCCCCCC)C1OC1OC(COC(=O)CCCCCCCCCCCCCCC)C(O)C(O)C1O)OC(=O)CCCCC/C=C\CCCCCCCC. The van der Waals surface area contributed by atoms with E-state index in [1.54, 1.807) is 0 Å². The van der Waals surface area contributed by atoms with Gasteiger partial charge in [0.2, 0.25) is 0 Å². The highest BCUT2D eigenvalue weighted by Gasteiger charge is 2.60. The molecule has 3 rings (SSSR count). The molecule has 2 saturated heterocycles. The van der Waals surface area contributed by atoms with Gasteiger partial charge in [0.1, 0.15) is 92.6 Å². The second-order valence-electron chi connectivity index (χ2n) is 32.1. The molecule has 2 heterocycles. The first-order valence-corrected chi connectivity index (χ1v) is 46.6. The lowest BCUT2D eigenvalue weighted by molar-refractivity contribution is -0.360. The van der Waals surface area contributed by atoms with Gasteiger partial charge in [0.25, 0.3) is 0 Å². The zero-order valence-corrected chi connectivity index (χ0v) is 71.1. The van der Waals surface area contributed by atoms with Gasteiger partial charge in [0, 0.05) is 25.7 Å². The number of aliphatic hydroxyl groups is 9. The fraction of sp³-hybridized carbons (Fsp3) is 0.908. The molecule has 0 aromatic carbocycles. The van der Waals surface area contributed by atoms with E-state index in [-0.39, 0.29) is 25.7 Å². The summed E-state index contributed by atoms with van der Waals surface area (Å²) in [5, 5.41) is 102. The molecule has 113 heavy (non-hydrogen) atoms. The zero-order chi connectivity index (χ0) is 82.5. The number of esters is 4. The normalized spacial score (nSPS) is 25.6. The maximum absolute atomic E-state index is 14.9. The van der Waals surface area contributed by atoms with Crippen LogP contribution in [0.3, 0.4) is 0 Å². The lowest BCUT2D eigenvalue weighted by Gasteiger charge is -2.50. The number of allylic oxidation sites excluding steroid dienone is 4. The predicted octanol–water partition coefficient (Wildman–Crippen LogP) is 15.8. The molecule has 18 atom stereocenters. The van der Waals surface area contributed by atoms with Crippen molar-refractivity contribution >= 4 is 31.7 Å². The predicted molar refractivity (Wildman–Crippen MR) is 435 cm³/mol. The summed E-state index contributed by atoms with van der Waals surface area (Å²) >= 11 is 0. The first kappa shape index (κ1) is 104. The topological polar surface area (TPSA) is 380 Å². The number of aliphatic hydroxyl groups excluding tert-OH is 9. The van der Waals surface area contributed by atoms with Gasteiger partial charge in [-0.25, -0.2) is 4.57 Å². The van der Waals surface area contributed by atoms with Crippen molar-refractivity contribution < 1.29 is 122 Å². The van der Waals surface area contributed by atoms with Crippen molar-refractivity contribution in [2.45, 2.75) is 479 Å². The van der Waals surface area contributed by atoms with Gasteiger partial charge >= 0.3 is 31.7 Å². The molecule has 662 valence electrons. The Labute approximate surface area is 679 Å². The molecule has 18 unspecified atom stereocenters. The van der Waals surface area contributed by atoms with Gasteiger partial charge in [0.05, 0.1) is 13.2 Å². The standard InChI is InChI=1S/C87H159O25P/c1-5-9-13-17-21-25-29-33-34-38-40-43-47-51-55-59-70(89)103-64-67(106-72(91)61-57-53-49-45-41-36-31-27-23-19-15-11-7-3)65-105-113(101,102)112-85-83(110-86-80(99)76(95)74(93)68(63-88)107-86)79(98)78(97)82(109-73(92)62-58-54-50-46-42-37-32-28-24-20-16-12-8-4)84(85)111-87-81(100)77(96)75(94)69(108-87)66-104-71(90)60-56-52-48-44-39-35-30-26-22-18-14-10-6-2/h25,29,36,41,67-69,74-88,93-100H,5-24,26-28,30-35,37-40,42-66H2,1-4H3,(H,101,102)/b29-25-,41-36-. The summed E-state index contributed by atoms with van der Waals surface area (Å²) in [6.07, 6.45) is 24.9. The van der Waals surface area contributed by atoms with Crippen LogP contribution < -0.4 is 0 Å². The summed E-state index contributed by atoms with van der Waals surface area (Å²) in [7, 11) is -5.81. The number of ether oxygens (including phenoxy) is 8. The van der Waals surface area contributed by atoms with Gasteiger partial charge < -0.3 is 88.7 Å². The van der Waals surface area contributed by atoms with E-state index in [1.165, 1.54) is 141 Å². The quantitative estimate of drug-likeness (QED) is 0.00889. The molecule has 26 heteroatoms. The molecule has 0 bridgehead atoms.